The van der Waals surface area contributed by atoms with Crippen LogP contribution in [0.25, 0.3) is 4.85 Å². The van der Waals surface area contributed by atoms with E-state index >= 15 is 0 Å². The number of nitrogens with zero attached hydrogens (tertiary/aromatic N) is 2. The summed E-state index contributed by atoms with van der Waals surface area (Å²) in [5.41, 5.74) is -1.37. The highest BCUT2D eigenvalue weighted by Crippen LogP contribution is 2.52. The first-order chi connectivity index (χ1) is 12.1. The van der Waals surface area contributed by atoms with Crippen molar-refractivity contribution in [3.63, 3.8) is 0 Å². The molecule has 2 aromatic rings. The van der Waals surface area contributed by atoms with Gasteiger partial charge >= 0.3 is 0 Å². The molecule has 0 radical (unpaired) electrons. The van der Waals surface area contributed by atoms with Gasteiger partial charge in [0.2, 0.25) is 0 Å². The highest BCUT2D eigenvalue weighted by molar-refractivity contribution is 5.54. The summed E-state index contributed by atoms with van der Waals surface area (Å²) in [6, 6.07) is 3.12. The number of benzene rings is 1. The number of fused-ring (bicyclic) bond motifs is 1. The van der Waals surface area contributed by atoms with Crippen LogP contribution in [0.4, 0.5) is 27.6 Å². The highest BCUT2D eigenvalue weighted by atomic mass is 19.3. The van der Waals surface area contributed by atoms with Gasteiger partial charge in [0, 0.05) is 24.5 Å². The Bertz CT molecular complexity index is 904. The van der Waals surface area contributed by atoms with Crippen molar-refractivity contribution >= 4 is 5.69 Å². The average molecular weight is 368 g/mol. The molecule has 0 bridgehead atoms. The fraction of sp³-hybridized carbons (Fsp3) is 0.333. The van der Waals surface area contributed by atoms with Gasteiger partial charge in [-0.1, -0.05) is 6.92 Å². The predicted octanol–water partition coefficient (Wildman–Crippen LogP) is 6.14. The van der Waals surface area contributed by atoms with E-state index in [1.807, 2.05) is 0 Å². The molecular weight excluding hydrogens is 355 g/mol. The molecule has 3 rings (SSSR count). The molecule has 0 saturated heterocycles. The van der Waals surface area contributed by atoms with Crippen LogP contribution in [0.15, 0.2) is 24.4 Å². The van der Waals surface area contributed by atoms with E-state index in [2.05, 4.69) is 9.83 Å². The second kappa shape index (κ2) is 6.24. The zero-order chi connectivity index (χ0) is 19.2. The molecule has 1 aliphatic rings. The third-order valence-electron chi connectivity index (χ3n) is 4.24. The molecule has 1 heterocycles. The first-order valence-corrected chi connectivity index (χ1v) is 7.68. The lowest BCUT2D eigenvalue weighted by Gasteiger charge is -2.18. The summed E-state index contributed by atoms with van der Waals surface area (Å²) in [5, 5.41) is 0. The SMILES string of the molecule is [C-]#[N+]c1cc(F)cc(Oc2cnc(C(C)(F)F)c3c2[C@@H](F)[C@@H](F)[C@H]3C)c1. The van der Waals surface area contributed by atoms with Crippen LogP contribution in [-0.2, 0) is 5.92 Å². The van der Waals surface area contributed by atoms with Crippen LogP contribution in [0.2, 0.25) is 0 Å². The Hall–Kier alpha value is -2.69. The molecule has 1 aromatic heterocycles. The molecule has 136 valence electrons. The molecule has 8 heteroatoms. The summed E-state index contributed by atoms with van der Waals surface area (Å²) in [6.07, 6.45) is -3.33. The third kappa shape index (κ3) is 2.98. The van der Waals surface area contributed by atoms with Crippen LogP contribution < -0.4 is 4.74 Å². The fourth-order valence-electron chi connectivity index (χ4n) is 3.07. The monoisotopic (exact) mass is 368 g/mol. The van der Waals surface area contributed by atoms with E-state index in [1.165, 1.54) is 13.0 Å². The van der Waals surface area contributed by atoms with Crippen molar-refractivity contribution in [1.29, 1.82) is 0 Å². The van der Waals surface area contributed by atoms with Crippen LogP contribution in [0, 0.1) is 12.4 Å². The Balaban J connectivity index is 2.14. The van der Waals surface area contributed by atoms with E-state index in [9.17, 15) is 22.0 Å². The van der Waals surface area contributed by atoms with Gasteiger partial charge in [0.25, 0.3) is 5.92 Å². The van der Waals surface area contributed by atoms with Crippen LogP contribution in [0.5, 0.6) is 11.5 Å². The molecule has 0 amide bonds. The van der Waals surface area contributed by atoms with E-state index in [0.29, 0.717) is 6.92 Å². The maximum absolute atomic E-state index is 14.5. The summed E-state index contributed by atoms with van der Waals surface area (Å²) in [6.45, 7) is 8.81. The van der Waals surface area contributed by atoms with E-state index in [0.717, 1.165) is 18.3 Å². The lowest BCUT2D eigenvalue weighted by molar-refractivity contribution is 0.0113. The van der Waals surface area contributed by atoms with E-state index in [4.69, 9.17) is 11.3 Å². The van der Waals surface area contributed by atoms with E-state index in [1.54, 1.807) is 0 Å². The fourth-order valence-corrected chi connectivity index (χ4v) is 3.07. The molecule has 0 saturated carbocycles. The molecule has 0 N–H and O–H groups in total. The van der Waals surface area contributed by atoms with Gasteiger partial charge < -0.3 is 4.74 Å². The van der Waals surface area contributed by atoms with Gasteiger partial charge in [-0.25, -0.2) is 18.0 Å². The second-order valence-electron chi connectivity index (χ2n) is 6.18. The first kappa shape index (κ1) is 18.1. The summed E-state index contributed by atoms with van der Waals surface area (Å²) >= 11 is 0. The van der Waals surface area contributed by atoms with Crippen LogP contribution in [0.1, 0.15) is 42.8 Å². The van der Waals surface area contributed by atoms with E-state index in [-0.39, 0.29) is 28.3 Å². The summed E-state index contributed by atoms with van der Waals surface area (Å²) in [7, 11) is 0. The van der Waals surface area contributed by atoms with Crippen molar-refractivity contribution in [2.45, 2.75) is 38.0 Å². The van der Waals surface area contributed by atoms with Crippen molar-refractivity contribution in [2.75, 3.05) is 0 Å². The molecule has 26 heavy (non-hydrogen) atoms. The molecule has 1 aromatic carbocycles. The van der Waals surface area contributed by atoms with Crippen molar-refractivity contribution in [1.82, 2.24) is 4.98 Å². The second-order valence-corrected chi connectivity index (χ2v) is 6.18. The highest BCUT2D eigenvalue weighted by Gasteiger charge is 2.47. The Kier molecular flexibility index (Phi) is 4.34. The largest absolute Gasteiger partial charge is 0.457 e. The smallest absolute Gasteiger partial charge is 0.287 e. The third-order valence-corrected chi connectivity index (χ3v) is 4.24. The number of halogens is 5. The molecule has 0 unspecified atom stereocenters. The standard InChI is InChI=1S/C18H13F5N2O/c1-8-13-14(16(21)15(8)20)12(7-25-17(13)18(2,22)23)26-11-5-9(19)4-10(6-11)24-3/h4-8,15-16H,1-2H3/t8-,15-,16+/m0/s1. The van der Waals surface area contributed by atoms with Crippen molar-refractivity contribution in [3.05, 3.63) is 58.5 Å². The number of aromatic nitrogens is 1. The van der Waals surface area contributed by atoms with Gasteiger partial charge in [0.15, 0.2) is 17.6 Å². The lowest BCUT2D eigenvalue weighted by Crippen LogP contribution is -2.15. The average Bonchev–Trinajstić information content (AvgIpc) is 2.79. The summed E-state index contributed by atoms with van der Waals surface area (Å²) < 4.78 is 75.2. The Morgan fingerprint density at radius 3 is 2.50 bits per heavy atom. The van der Waals surface area contributed by atoms with Gasteiger partial charge in [-0.3, -0.25) is 4.98 Å². The number of hydrogen-bond acceptors (Lipinski definition) is 2. The topological polar surface area (TPSA) is 26.5 Å². The lowest BCUT2D eigenvalue weighted by atomic mass is 9.98. The van der Waals surface area contributed by atoms with Gasteiger partial charge in [0.1, 0.15) is 23.4 Å². The number of ether oxygens (including phenoxy) is 1. The van der Waals surface area contributed by atoms with Gasteiger partial charge in [-0.05, 0) is 17.7 Å². The van der Waals surface area contributed by atoms with E-state index < -0.39 is 35.7 Å². The van der Waals surface area contributed by atoms with Gasteiger partial charge in [-0.15, -0.1) is 0 Å². The minimum Gasteiger partial charge on any atom is -0.457 e. The van der Waals surface area contributed by atoms with Crippen LogP contribution in [0.3, 0.4) is 0 Å². The summed E-state index contributed by atoms with van der Waals surface area (Å²) in [4.78, 5) is 6.71. The molecule has 0 spiro atoms. The zero-order valence-electron chi connectivity index (χ0n) is 13.7. The minimum atomic E-state index is -3.39. The zero-order valence-corrected chi connectivity index (χ0v) is 13.7. The van der Waals surface area contributed by atoms with Crippen molar-refractivity contribution in [3.8, 4) is 11.5 Å². The van der Waals surface area contributed by atoms with Crippen LogP contribution >= 0.6 is 0 Å². The summed E-state index contributed by atoms with van der Waals surface area (Å²) in [5.74, 6) is -5.71. The maximum Gasteiger partial charge on any atom is 0.287 e. The molecule has 0 aliphatic heterocycles. The van der Waals surface area contributed by atoms with Gasteiger partial charge in [0.05, 0.1) is 12.8 Å². The van der Waals surface area contributed by atoms with Crippen molar-refractivity contribution in [2.24, 2.45) is 0 Å². The van der Waals surface area contributed by atoms with Crippen LogP contribution in [-0.4, -0.2) is 11.2 Å². The Morgan fingerprint density at radius 2 is 1.88 bits per heavy atom. The maximum atomic E-state index is 14.5. The molecular formula is C18H13F5N2O. The molecule has 1 aliphatic carbocycles. The molecule has 0 fully saturated rings. The predicted molar refractivity (Wildman–Crippen MR) is 83.7 cm³/mol. The molecule has 3 nitrogen and oxygen atoms in total. The Labute approximate surface area is 146 Å². The van der Waals surface area contributed by atoms with Crippen molar-refractivity contribution < 1.29 is 26.7 Å². The normalized spacial score (nSPS) is 22.0. The molecule has 3 atom stereocenters. The number of rotatable bonds is 3. The number of pyridine rings is 1. The number of alkyl halides is 4. The quantitative estimate of drug-likeness (QED) is 0.480. The van der Waals surface area contributed by atoms with Gasteiger partial charge in [-0.2, -0.15) is 8.78 Å². The first-order valence-electron chi connectivity index (χ1n) is 7.68. The minimum absolute atomic E-state index is 0.0603. The Morgan fingerprint density at radius 1 is 1.19 bits per heavy atom. The number of hydrogen-bond donors (Lipinski definition) is 0.